The summed E-state index contributed by atoms with van der Waals surface area (Å²) in [5, 5.41) is 18.0. The molecule has 0 bridgehead atoms. The summed E-state index contributed by atoms with van der Waals surface area (Å²) in [5.41, 5.74) is 0.742. The SMILES string of the molecule is COC(=O)Oc1ccc(/C=N/OCC(=O)NC(C(=O)NC2C(=O)N3C2SC(C)(C)C3C(=O)O)c2ccccc2)cc1OC(=O)OC. The van der Waals surface area contributed by atoms with E-state index < -0.39 is 70.9 Å². The van der Waals surface area contributed by atoms with Crippen molar-refractivity contribution in [2.24, 2.45) is 5.16 Å². The van der Waals surface area contributed by atoms with Gasteiger partial charge in [-0.15, -0.1) is 11.8 Å². The molecular formula is C29H30N4O12S. The van der Waals surface area contributed by atoms with E-state index in [-0.39, 0.29) is 11.5 Å². The number of fused-ring (bicyclic) bond motifs is 1. The third-order valence-electron chi connectivity index (χ3n) is 6.83. The Bertz CT molecular complexity index is 1550. The van der Waals surface area contributed by atoms with Crippen molar-refractivity contribution in [1.29, 1.82) is 0 Å². The van der Waals surface area contributed by atoms with E-state index >= 15 is 0 Å². The average Bonchev–Trinajstić information content (AvgIpc) is 3.29. The van der Waals surface area contributed by atoms with Gasteiger partial charge in [0.05, 0.1) is 20.4 Å². The Morgan fingerprint density at radius 2 is 1.67 bits per heavy atom. The lowest BCUT2D eigenvalue weighted by Crippen LogP contribution is -2.71. The van der Waals surface area contributed by atoms with Crippen molar-refractivity contribution in [3.8, 4) is 11.5 Å². The van der Waals surface area contributed by atoms with Gasteiger partial charge in [0, 0.05) is 10.3 Å². The minimum absolute atomic E-state index is 0.145. The van der Waals surface area contributed by atoms with Crippen LogP contribution < -0.4 is 20.1 Å². The van der Waals surface area contributed by atoms with E-state index in [0.717, 1.165) is 14.2 Å². The first-order valence-electron chi connectivity index (χ1n) is 13.5. The van der Waals surface area contributed by atoms with E-state index in [2.05, 4.69) is 25.3 Å². The Hall–Kier alpha value is -5.32. The molecule has 244 valence electrons. The second-order valence-corrected chi connectivity index (χ2v) is 12.1. The average molecular weight is 659 g/mol. The zero-order valence-electron chi connectivity index (χ0n) is 25.0. The predicted molar refractivity (Wildman–Crippen MR) is 159 cm³/mol. The van der Waals surface area contributed by atoms with Crippen molar-refractivity contribution in [3.05, 3.63) is 59.7 Å². The lowest BCUT2D eigenvalue weighted by Gasteiger charge is -2.44. The number of hydrogen-bond donors (Lipinski definition) is 3. The number of methoxy groups -OCH3 is 2. The lowest BCUT2D eigenvalue weighted by molar-refractivity contribution is -0.161. The van der Waals surface area contributed by atoms with Crippen LogP contribution in [0.4, 0.5) is 9.59 Å². The molecule has 0 aliphatic carbocycles. The molecule has 4 rings (SSSR count). The number of carboxylic acids is 1. The first-order chi connectivity index (χ1) is 21.9. The fourth-order valence-corrected chi connectivity index (χ4v) is 6.38. The molecule has 2 saturated heterocycles. The summed E-state index contributed by atoms with van der Waals surface area (Å²) in [6.45, 7) is 2.84. The number of ether oxygens (including phenoxy) is 4. The summed E-state index contributed by atoms with van der Waals surface area (Å²) in [4.78, 5) is 80.2. The fraction of sp³-hybridized carbons (Fsp3) is 0.345. The van der Waals surface area contributed by atoms with Gasteiger partial charge >= 0.3 is 18.3 Å². The van der Waals surface area contributed by atoms with Crippen LogP contribution >= 0.6 is 11.8 Å². The number of hydrogen-bond acceptors (Lipinski definition) is 13. The molecule has 16 nitrogen and oxygen atoms in total. The second kappa shape index (κ2) is 14.2. The fourth-order valence-electron chi connectivity index (χ4n) is 4.76. The summed E-state index contributed by atoms with van der Waals surface area (Å²) in [5.74, 6) is -3.39. The van der Waals surface area contributed by atoms with Gasteiger partial charge in [-0.1, -0.05) is 35.5 Å². The van der Waals surface area contributed by atoms with Gasteiger partial charge in [0.2, 0.25) is 11.8 Å². The van der Waals surface area contributed by atoms with Crippen LogP contribution in [0, 0.1) is 0 Å². The number of β-lactam (4-membered cyclic amide) rings is 1. The van der Waals surface area contributed by atoms with Crippen molar-refractivity contribution in [2.75, 3.05) is 20.8 Å². The smallest absolute Gasteiger partial charge is 0.480 e. The number of nitrogens with one attached hydrogen (secondary N) is 2. The number of carboxylic acid groups (broad SMARTS) is 1. The number of carbonyl (C=O) groups is 6. The number of aliphatic carboxylic acids is 1. The molecule has 2 aliphatic heterocycles. The zero-order valence-corrected chi connectivity index (χ0v) is 25.8. The van der Waals surface area contributed by atoms with Crippen LogP contribution in [0.1, 0.15) is 31.0 Å². The monoisotopic (exact) mass is 658 g/mol. The molecular weight excluding hydrogens is 628 g/mol. The molecule has 0 spiro atoms. The molecule has 0 aromatic heterocycles. The molecule has 2 heterocycles. The highest BCUT2D eigenvalue weighted by atomic mass is 32.2. The van der Waals surface area contributed by atoms with Crippen molar-refractivity contribution in [3.63, 3.8) is 0 Å². The van der Waals surface area contributed by atoms with Crippen LogP contribution in [0.5, 0.6) is 11.5 Å². The van der Waals surface area contributed by atoms with Gasteiger partial charge in [0.15, 0.2) is 18.1 Å². The van der Waals surface area contributed by atoms with Crippen molar-refractivity contribution >= 4 is 54.0 Å². The normalized spacial score (nSPS) is 20.0. The number of benzene rings is 2. The molecule has 3 N–H and O–H groups in total. The van der Waals surface area contributed by atoms with Crippen LogP contribution in [-0.2, 0) is 33.5 Å². The third-order valence-corrected chi connectivity index (χ3v) is 8.40. The maximum atomic E-state index is 13.4. The molecule has 0 saturated carbocycles. The van der Waals surface area contributed by atoms with E-state index in [1.54, 1.807) is 44.2 Å². The Morgan fingerprint density at radius 3 is 2.30 bits per heavy atom. The highest BCUT2D eigenvalue weighted by molar-refractivity contribution is 8.01. The van der Waals surface area contributed by atoms with E-state index in [1.165, 1.54) is 41.1 Å². The van der Waals surface area contributed by atoms with Crippen LogP contribution in [-0.4, -0.2) is 95.3 Å². The van der Waals surface area contributed by atoms with Crippen molar-refractivity contribution in [2.45, 2.75) is 42.1 Å². The van der Waals surface area contributed by atoms with Crippen LogP contribution in [0.25, 0.3) is 0 Å². The topological polar surface area (TPSA) is 208 Å². The molecule has 2 fully saturated rings. The summed E-state index contributed by atoms with van der Waals surface area (Å²) in [7, 11) is 2.19. The number of oxime groups is 1. The number of carbonyl (C=O) groups excluding carboxylic acids is 5. The standard InChI is InChI=1S/C29H30N4O12S/c1-29(2)22(26(37)38)33-24(36)21(25(33)46-29)32-23(35)20(16-8-6-5-7-9-16)31-19(34)14-43-30-13-15-10-11-17(44-27(39)41-3)18(12-15)45-28(40)42-4/h5-13,20-22,25H,14H2,1-4H3,(H,31,34)(H,32,35)(H,37,38)/b30-13+. The van der Waals surface area contributed by atoms with E-state index in [0.29, 0.717) is 11.1 Å². The van der Waals surface area contributed by atoms with Crippen molar-refractivity contribution in [1.82, 2.24) is 15.5 Å². The van der Waals surface area contributed by atoms with Crippen LogP contribution in [0.2, 0.25) is 0 Å². The maximum absolute atomic E-state index is 13.4. The Labute approximate surface area is 266 Å². The molecule has 17 heteroatoms. The molecule has 2 aliphatic rings. The van der Waals surface area contributed by atoms with Crippen molar-refractivity contribution < 1.29 is 57.7 Å². The minimum atomic E-state index is -1.21. The molecule has 3 amide bonds. The molecule has 4 unspecified atom stereocenters. The zero-order chi connectivity index (χ0) is 33.6. The van der Waals surface area contributed by atoms with Gasteiger partial charge in [0.25, 0.3) is 5.91 Å². The molecule has 0 radical (unpaired) electrons. The maximum Gasteiger partial charge on any atom is 0.513 e. The predicted octanol–water partition coefficient (Wildman–Crippen LogP) is 1.82. The highest BCUT2D eigenvalue weighted by Crippen LogP contribution is 2.50. The summed E-state index contributed by atoms with van der Waals surface area (Å²) >= 11 is 1.28. The first-order valence-corrected chi connectivity index (χ1v) is 14.4. The minimum Gasteiger partial charge on any atom is -0.480 e. The van der Waals surface area contributed by atoms with Gasteiger partial charge < -0.3 is 44.4 Å². The quantitative estimate of drug-likeness (QED) is 0.104. The molecule has 2 aromatic rings. The summed E-state index contributed by atoms with van der Waals surface area (Å²) < 4.78 is 18.0. The van der Waals surface area contributed by atoms with Gasteiger partial charge in [-0.3, -0.25) is 14.4 Å². The second-order valence-electron chi connectivity index (χ2n) is 10.3. The van der Waals surface area contributed by atoms with Gasteiger partial charge in [-0.2, -0.15) is 0 Å². The number of rotatable bonds is 11. The highest BCUT2D eigenvalue weighted by Gasteiger charge is 2.64. The Morgan fingerprint density at radius 1 is 1.02 bits per heavy atom. The first kappa shape index (κ1) is 33.6. The summed E-state index contributed by atoms with van der Waals surface area (Å²) in [6, 6.07) is 9.11. The Balaban J connectivity index is 1.39. The number of thioether (sulfide) groups is 1. The van der Waals surface area contributed by atoms with E-state index in [1.807, 2.05) is 0 Å². The summed E-state index contributed by atoms with van der Waals surface area (Å²) in [6.07, 6.45) is -0.953. The van der Waals surface area contributed by atoms with Crippen LogP contribution in [0.15, 0.2) is 53.7 Å². The van der Waals surface area contributed by atoms with E-state index in [9.17, 15) is 33.9 Å². The van der Waals surface area contributed by atoms with Gasteiger partial charge in [-0.25, -0.2) is 14.4 Å². The molecule has 2 aromatic carbocycles. The van der Waals surface area contributed by atoms with E-state index in [4.69, 9.17) is 14.3 Å². The third kappa shape index (κ3) is 7.48. The Kier molecular flexibility index (Phi) is 10.4. The lowest BCUT2D eigenvalue weighted by atomic mass is 9.95. The largest absolute Gasteiger partial charge is 0.513 e. The van der Waals surface area contributed by atoms with Crippen LogP contribution in [0.3, 0.4) is 0 Å². The number of nitrogens with zero attached hydrogens (tertiary/aromatic N) is 2. The molecule has 46 heavy (non-hydrogen) atoms. The van der Waals surface area contributed by atoms with Gasteiger partial charge in [-0.05, 0) is 37.6 Å². The van der Waals surface area contributed by atoms with Gasteiger partial charge in [0.1, 0.15) is 23.5 Å². The number of amides is 3. The molecule has 4 atom stereocenters.